The molecule has 0 atom stereocenters. The molecule has 2 amide bonds. The lowest BCUT2D eigenvalue weighted by Gasteiger charge is -2.15. The minimum atomic E-state index is -0.586. The Labute approximate surface area is 188 Å². The van der Waals surface area contributed by atoms with Crippen LogP contribution in [0.25, 0.3) is 0 Å². The standard InChI is InChI=1S/C23H31N5O4/c1-16-4-7-19(20(12-16)32-11-10-31-3)14-28-23(25-2)27-13-17-5-8-18(9-6-17)22(30)26-15-21(24)29/h4-9,12H,10-11,13-15H2,1-3H3,(H2,24,29)(H,26,30)(H2,25,27,28). The molecule has 0 unspecified atom stereocenters. The van der Waals surface area contributed by atoms with Gasteiger partial charge in [-0.25, -0.2) is 0 Å². The van der Waals surface area contributed by atoms with E-state index in [0.717, 1.165) is 22.4 Å². The van der Waals surface area contributed by atoms with Gasteiger partial charge in [-0.3, -0.25) is 14.6 Å². The Balaban J connectivity index is 1.88. The van der Waals surface area contributed by atoms with Crippen LogP contribution in [0.15, 0.2) is 47.5 Å². The van der Waals surface area contributed by atoms with Gasteiger partial charge in [-0.1, -0.05) is 24.3 Å². The first kappa shape index (κ1) is 24.7. The summed E-state index contributed by atoms with van der Waals surface area (Å²) < 4.78 is 10.9. The summed E-state index contributed by atoms with van der Waals surface area (Å²) in [7, 11) is 3.34. The molecule has 0 aliphatic heterocycles. The molecule has 0 aliphatic rings. The van der Waals surface area contributed by atoms with Crippen molar-refractivity contribution in [2.75, 3.05) is 33.9 Å². The van der Waals surface area contributed by atoms with Crippen LogP contribution in [0.5, 0.6) is 5.75 Å². The minimum absolute atomic E-state index is 0.190. The van der Waals surface area contributed by atoms with E-state index in [1.165, 1.54) is 0 Å². The molecule has 0 aromatic heterocycles. The predicted molar refractivity (Wildman–Crippen MR) is 124 cm³/mol. The van der Waals surface area contributed by atoms with Crippen LogP contribution in [0.1, 0.15) is 27.0 Å². The number of aliphatic imine (C=N–C) groups is 1. The van der Waals surface area contributed by atoms with Gasteiger partial charge >= 0.3 is 0 Å². The Kier molecular flexibility index (Phi) is 9.99. The van der Waals surface area contributed by atoms with E-state index in [4.69, 9.17) is 15.2 Å². The van der Waals surface area contributed by atoms with Crippen molar-refractivity contribution in [3.8, 4) is 5.75 Å². The molecule has 9 heteroatoms. The van der Waals surface area contributed by atoms with Crippen molar-refractivity contribution >= 4 is 17.8 Å². The van der Waals surface area contributed by atoms with Crippen LogP contribution >= 0.6 is 0 Å². The summed E-state index contributed by atoms with van der Waals surface area (Å²) in [6, 6.07) is 13.1. The fourth-order valence-electron chi connectivity index (χ4n) is 2.81. The van der Waals surface area contributed by atoms with E-state index in [0.29, 0.717) is 37.8 Å². The number of carbonyl (C=O) groups is 2. The fourth-order valence-corrected chi connectivity index (χ4v) is 2.81. The highest BCUT2D eigenvalue weighted by Crippen LogP contribution is 2.20. The molecule has 2 aromatic rings. The highest BCUT2D eigenvalue weighted by Gasteiger charge is 2.08. The highest BCUT2D eigenvalue weighted by atomic mass is 16.5. The van der Waals surface area contributed by atoms with Gasteiger partial charge in [0.1, 0.15) is 12.4 Å². The monoisotopic (exact) mass is 441 g/mol. The van der Waals surface area contributed by atoms with Gasteiger partial charge in [0, 0.05) is 38.4 Å². The van der Waals surface area contributed by atoms with E-state index in [-0.39, 0.29) is 12.5 Å². The summed E-state index contributed by atoms with van der Waals surface area (Å²) >= 11 is 0. The van der Waals surface area contributed by atoms with Crippen molar-refractivity contribution in [3.05, 3.63) is 64.7 Å². The third-order valence-corrected chi connectivity index (χ3v) is 4.54. The van der Waals surface area contributed by atoms with Gasteiger partial charge in [0.05, 0.1) is 13.2 Å². The Morgan fingerprint density at radius 1 is 1.00 bits per heavy atom. The molecule has 0 radical (unpaired) electrons. The van der Waals surface area contributed by atoms with E-state index in [9.17, 15) is 9.59 Å². The van der Waals surface area contributed by atoms with E-state index < -0.39 is 5.91 Å². The third kappa shape index (κ3) is 8.27. The number of nitrogens with zero attached hydrogens (tertiary/aromatic N) is 1. The number of guanidine groups is 1. The molecule has 0 saturated carbocycles. The van der Waals surface area contributed by atoms with Gasteiger partial charge < -0.3 is 31.2 Å². The van der Waals surface area contributed by atoms with Crippen molar-refractivity contribution in [2.24, 2.45) is 10.7 Å². The predicted octanol–water partition coefficient (Wildman–Crippen LogP) is 1.10. The molecule has 9 nitrogen and oxygen atoms in total. The Bertz CT molecular complexity index is 928. The quantitative estimate of drug-likeness (QED) is 0.235. The van der Waals surface area contributed by atoms with Crippen LogP contribution in [0.3, 0.4) is 0 Å². The van der Waals surface area contributed by atoms with Gasteiger partial charge in [-0.05, 0) is 36.2 Å². The number of aryl methyl sites for hydroxylation is 1. The van der Waals surface area contributed by atoms with Crippen LogP contribution < -0.4 is 26.4 Å². The summed E-state index contributed by atoms with van der Waals surface area (Å²) in [5, 5.41) is 8.99. The lowest BCUT2D eigenvalue weighted by atomic mass is 10.1. The van der Waals surface area contributed by atoms with Gasteiger partial charge in [0.25, 0.3) is 5.91 Å². The average molecular weight is 442 g/mol. The number of nitrogens with two attached hydrogens (primary N) is 1. The number of nitrogens with one attached hydrogen (secondary N) is 3. The van der Waals surface area contributed by atoms with Crippen molar-refractivity contribution in [1.82, 2.24) is 16.0 Å². The summed E-state index contributed by atoms with van der Waals surface area (Å²) in [6.07, 6.45) is 0. The number of ether oxygens (including phenoxy) is 2. The largest absolute Gasteiger partial charge is 0.491 e. The van der Waals surface area contributed by atoms with E-state index in [1.54, 1.807) is 26.3 Å². The van der Waals surface area contributed by atoms with Gasteiger partial charge in [0.2, 0.25) is 5.91 Å². The Morgan fingerprint density at radius 3 is 2.38 bits per heavy atom. The normalized spacial score (nSPS) is 11.0. The second-order valence-corrected chi connectivity index (χ2v) is 7.08. The fraction of sp³-hybridized carbons (Fsp3) is 0.348. The second-order valence-electron chi connectivity index (χ2n) is 7.08. The molecule has 0 bridgehead atoms. The number of hydrogen-bond donors (Lipinski definition) is 4. The molecule has 0 heterocycles. The summed E-state index contributed by atoms with van der Waals surface area (Å²) in [5.41, 5.74) is 8.60. The Hall–Kier alpha value is -3.59. The summed E-state index contributed by atoms with van der Waals surface area (Å²) in [4.78, 5) is 27.0. The van der Waals surface area contributed by atoms with Gasteiger partial charge in [-0.2, -0.15) is 0 Å². The van der Waals surface area contributed by atoms with Gasteiger partial charge in [-0.15, -0.1) is 0 Å². The maximum Gasteiger partial charge on any atom is 0.251 e. The maximum absolute atomic E-state index is 11.9. The van der Waals surface area contributed by atoms with Crippen LogP contribution in [0, 0.1) is 6.92 Å². The summed E-state index contributed by atoms with van der Waals surface area (Å²) in [6.45, 7) is 3.90. The molecule has 5 N–H and O–H groups in total. The topological polar surface area (TPSA) is 127 Å². The number of rotatable bonds is 11. The molecular weight excluding hydrogens is 410 g/mol. The molecular formula is C23H31N5O4. The first-order chi connectivity index (χ1) is 15.4. The zero-order valence-electron chi connectivity index (χ0n) is 18.7. The second kappa shape index (κ2) is 13.0. The highest BCUT2D eigenvalue weighted by molar-refractivity contribution is 5.96. The average Bonchev–Trinajstić information content (AvgIpc) is 2.79. The zero-order valence-corrected chi connectivity index (χ0v) is 18.7. The Morgan fingerprint density at radius 2 is 1.72 bits per heavy atom. The number of primary amides is 1. The van der Waals surface area contributed by atoms with Crippen LogP contribution in [0.4, 0.5) is 0 Å². The molecule has 2 aromatic carbocycles. The van der Waals surface area contributed by atoms with Crippen molar-refractivity contribution in [1.29, 1.82) is 0 Å². The maximum atomic E-state index is 11.9. The molecule has 0 spiro atoms. The van der Waals surface area contributed by atoms with E-state index >= 15 is 0 Å². The zero-order chi connectivity index (χ0) is 23.3. The molecule has 0 aliphatic carbocycles. The molecule has 2 rings (SSSR count). The minimum Gasteiger partial charge on any atom is -0.491 e. The van der Waals surface area contributed by atoms with Crippen molar-refractivity contribution in [3.63, 3.8) is 0 Å². The van der Waals surface area contributed by atoms with Crippen LogP contribution in [-0.4, -0.2) is 51.7 Å². The number of hydrogen-bond acceptors (Lipinski definition) is 5. The molecule has 0 fully saturated rings. The number of methoxy groups -OCH3 is 1. The number of carbonyl (C=O) groups excluding carboxylic acids is 2. The van der Waals surface area contributed by atoms with Gasteiger partial charge in [0.15, 0.2) is 5.96 Å². The summed E-state index contributed by atoms with van der Waals surface area (Å²) in [5.74, 6) is 0.520. The smallest absolute Gasteiger partial charge is 0.251 e. The number of benzene rings is 2. The van der Waals surface area contributed by atoms with E-state index in [2.05, 4.69) is 20.9 Å². The van der Waals surface area contributed by atoms with Crippen molar-refractivity contribution < 1.29 is 19.1 Å². The molecule has 32 heavy (non-hydrogen) atoms. The lowest BCUT2D eigenvalue weighted by molar-refractivity contribution is -0.117. The lowest BCUT2D eigenvalue weighted by Crippen LogP contribution is -2.36. The van der Waals surface area contributed by atoms with Crippen LogP contribution in [0.2, 0.25) is 0 Å². The molecule has 0 saturated heterocycles. The van der Waals surface area contributed by atoms with Crippen LogP contribution in [-0.2, 0) is 22.6 Å². The third-order valence-electron chi connectivity index (χ3n) is 4.54. The first-order valence-corrected chi connectivity index (χ1v) is 10.2. The molecule has 172 valence electrons. The SMILES string of the molecule is CN=C(NCc1ccc(C(=O)NCC(N)=O)cc1)NCc1ccc(C)cc1OCCOC. The number of amides is 2. The van der Waals surface area contributed by atoms with E-state index in [1.807, 2.05) is 37.3 Å². The van der Waals surface area contributed by atoms with Crippen molar-refractivity contribution in [2.45, 2.75) is 20.0 Å². The first-order valence-electron chi connectivity index (χ1n) is 10.2.